The Morgan fingerprint density at radius 3 is 2.70 bits per heavy atom. The molecule has 106 valence electrons. The van der Waals surface area contributed by atoms with Crippen LogP contribution in [0.2, 0.25) is 0 Å². The van der Waals surface area contributed by atoms with Crippen molar-refractivity contribution >= 4 is 15.9 Å². The van der Waals surface area contributed by atoms with Crippen molar-refractivity contribution in [1.29, 1.82) is 0 Å². The van der Waals surface area contributed by atoms with Crippen LogP contribution in [0.25, 0.3) is 0 Å². The second-order valence-electron chi connectivity index (χ2n) is 4.66. The largest absolute Gasteiger partial charge is 0.504 e. The molecule has 0 saturated carbocycles. The number of ether oxygens (including phenoxy) is 1. The van der Waals surface area contributed by atoms with E-state index in [1.54, 1.807) is 19.2 Å². The summed E-state index contributed by atoms with van der Waals surface area (Å²) in [4.78, 5) is 0. The van der Waals surface area contributed by atoms with Gasteiger partial charge in [0, 0.05) is 17.1 Å². The first kappa shape index (κ1) is 14.9. The molecule has 3 nitrogen and oxygen atoms in total. The minimum Gasteiger partial charge on any atom is -0.504 e. The Balaban J connectivity index is 1.99. The van der Waals surface area contributed by atoms with Crippen LogP contribution in [0.3, 0.4) is 0 Å². The lowest BCUT2D eigenvalue weighted by atomic mass is 10.1. The average Bonchev–Trinajstić information content (AvgIpc) is 2.45. The SMILES string of the molecule is COc1ccc(CN[C@H](C)c2cccc(Br)c2)cc1O. The van der Waals surface area contributed by atoms with E-state index in [2.05, 4.69) is 40.3 Å². The van der Waals surface area contributed by atoms with Gasteiger partial charge in [-0.25, -0.2) is 0 Å². The van der Waals surface area contributed by atoms with Gasteiger partial charge in [-0.3, -0.25) is 0 Å². The fourth-order valence-electron chi connectivity index (χ4n) is 2.01. The molecule has 0 bridgehead atoms. The third-order valence-corrected chi connectivity index (χ3v) is 3.70. The summed E-state index contributed by atoms with van der Waals surface area (Å²) in [5.74, 6) is 0.663. The molecule has 20 heavy (non-hydrogen) atoms. The smallest absolute Gasteiger partial charge is 0.160 e. The fraction of sp³-hybridized carbons (Fsp3) is 0.250. The highest BCUT2D eigenvalue weighted by atomic mass is 79.9. The highest BCUT2D eigenvalue weighted by molar-refractivity contribution is 9.10. The maximum atomic E-state index is 9.75. The van der Waals surface area contributed by atoms with Gasteiger partial charge in [-0.15, -0.1) is 0 Å². The molecule has 2 rings (SSSR count). The van der Waals surface area contributed by atoms with E-state index in [1.165, 1.54) is 5.56 Å². The van der Waals surface area contributed by atoms with Crippen molar-refractivity contribution in [3.63, 3.8) is 0 Å². The Labute approximate surface area is 127 Å². The molecule has 0 aliphatic carbocycles. The second kappa shape index (κ2) is 6.77. The first-order valence-corrected chi connectivity index (χ1v) is 7.24. The molecule has 0 aliphatic rings. The lowest BCUT2D eigenvalue weighted by Gasteiger charge is -2.15. The normalized spacial score (nSPS) is 12.2. The first-order valence-electron chi connectivity index (χ1n) is 6.45. The zero-order chi connectivity index (χ0) is 14.5. The number of hydrogen-bond donors (Lipinski definition) is 2. The predicted molar refractivity (Wildman–Crippen MR) is 84.1 cm³/mol. The van der Waals surface area contributed by atoms with Crippen LogP contribution in [0.5, 0.6) is 11.5 Å². The van der Waals surface area contributed by atoms with E-state index in [0.717, 1.165) is 10.0 Å². The van der Waals surface area contributed by atoms with Gasteiger partial charge in [0.05, 0.1) is 7.11 Å². The van der Waals surface area contributed by atoms with Crippen molar-refractivity contribution in [3.8, 4) is 11.5 Å². The van der Waals surface area contributed by atoms with Gasteiger partial charge in [0.15, 0.2) is 11.5 Å². The Morgan fingerprint density at radius 1 is 1.25 bits per heavy atom. The lowest BCUT2D eigenvalue weighted by Crippen LogP contribution is -2.18. The Morgan fingerprint density at radius 2 is 2.05 bits per heavy atom. The second-order valence-corrected chi connectivity index (χ2v) is 5.58. The predicted octanol–water partition coefficient (Wildman–Crippen LogP) is 4.01. The van der Waals surface area contributed by atoms with Crippen LogP contribution in [0.4, 0.5) is 0 Å². The molecule has 1 atom stereocenters. The summed E-state index contributed by atoms with van der Waals surface area (Å²) in [5.41, 5.74) is 2.24. The van der Waals surface area contributed by atoms with E-state index in [4.69, 9.17) is 4.74 Å². The van der Waals surface area contributed by atoms with Crippen LogP contribution >= 0.6 is 15.9 Å². The number of halogens is 1. The summed E-state index contributed by atoms with van der Waals surface area (Å²) in [6.07, 6.45) is 0. The van der Waals surface area contributed by atoms with Gasteiger partial charge in [0.2, 0.25) is 0 Å². The minimum atomic E-state index is 0.168. The maximum absolute atomic E-state index is 9.75. The summed E-state index contributed by atoms with van der Waals surface area (Å²) in [5, 5.41) is 13.2. The van der Waals surface area contributed by atoms with E-state index in [0.29, 0.717) is 12.3 Å². The van der Waals surface area contributed by atoms with Crippen LogP contribution in [0, 0.1) is 0 Å². The van der Waals surface area contributed by atoms with Crippen LogP contribution in [0.15, 0.2) is 46.9 Å². The summed E-state index contributed by atoms with van der Waals surface area (Å²) in [6.45, 7) is 2.80. The number of aromatic hydroxyl groups is 1. The summed E-state index contributed by atoms with van der Waals surface area (Å²) in [6, 6.07) is 13.9. The molecule has 2 aromatic carbocycles. The van der Waals surface area contributed by atoms with Gasteiger partial charge in [-0.1, -0.05) is 34.1 Å². The maximum Gasteiger partial charge on any atom is 0.160 e. The number of phenols is 1. The molecule has 4 heteroatoms. The third-order valence-electron chi connectivity index (χ3n) is 3.20. The van der Waals surface area contributed by atoms with Crippen molar-refractivity contribution in [1.82, 2.24) is 5.32 Å². The molecule has 2 N–H and O–H groups in total. The van der Waals surface area contributed by atoms with Gasteiger partial charge in [0.25, 0.3) is 0 Å². The molecular formula is C16H18BrNO2. The number of phenolic OH excluding ortho intramolecular Hbond substituents is 1. The Kier molecular flexibility index (Phi) is 5.04. The van der Waals surface area contributed by atoms with E-state index in [9.17, 15) is 5.11 Å². The molecule has 0 unspecified atom stereocenters. The monoisotopic (exact) mass is 335 g/mol. The van der Waals surface area contributed by atoms with Crippen LogP contribution in [0.1, 0.15) is 24.1 Å². The molecule has 0 aliphatic heterocycles. The van der Waals surface area contributed by atoms with Gasteiger partial charge < -0.3 is 15.2 Å². The van der Waals surface area contributed by atoms with Gasteiger partial charge in [0.1, 0.15) is 0 Å². The highest BCUT2D eigenvalue weighted by Gasteiger charge is 2.07. The third kappa shape index (κ3) is 3.74. The summed E-state index contributed by atoms with van der Waals surface area (Å²) < 4.78 is 6.11. The Hall–Kier alpha value is -1.52. The number of methoxy groups -OCH3 is 1. The summed E-state index contributed by atoms with van der Waals surface area (Å²) >= 11 is 3.48. The van der Waals surface area contributed by atoms with Gasteiger partial charge >= 0.3 is 0 Å². The molecule has 0 amide bonds. The molecule has 0 aromatic heterocycles. The molecule has 0 fully saturated rings. The zero-order valence-corrected chi connectivity index (χ0v) is 13.1. The zero-order valence-electron chi connectivity index (χ0n) is 11.6. The van der Waals surface area contributed by atoms with Crippen molar-refractivity contribution < 1.29 is 9.84 Å². The molecule has 0 saturated heterocycles. The molecule has 0 radical (unpaired) electrons. The summed E-state index contributed by atoms with van der Waals surface area (Å²) in [7, 11) is 1.54. The van der Waals surface area contributed by atoms with Crippen LogP contribution in [-0.4, -0.2) is 12.2 Å². The lowest BCUT2D eigenvalue weighted by molar-refractivity contribution is 0.373. The van der Waals surface area contributed by atoms with Crippen molar-refractivity contribution in [2.75, 3.05) is 7.11 Å². The highest BCUT2D eigenvalue weighted by Crippen LogP contribution is 2.26. The number of hydrogen-bond acceptors (Lipinski definition) is 3. The minimum absolute atomic E-state index is 0.168. The topological polar surface area (TPSA) is 41.5 Å². The van der Waals surface area contributed by atoms with Crippen molar-refractivity contribution in [2.45, 2.75) is 19.5 Å². The van der Waals surface area contributed by atoms with Gasteiger partial charge in [-0.2, -0.15) is 0 Å². The van der Waals surface area contributed by atoms with Crippen LogP contribution < -0.4 is 10.1 Å². The van der Waals surface area contributed by atoms with E-state index >= 15 is 0 Å². The van der Waals surface area contributed by atoms with E-state index < -0.39 is 0 Å². The van der Waals surface area contributed by atoms with E-state index in [1.807, 2.05) is 18.2 Å². The van der Waals surface area contributed by atoms with Gasteiger partial charge in [-0.05, 0) is 42.3 Å². The number of rotatable bonds is 5. The quantitative estimate of drug-likeness (QED) is 0.867. The Bertz CT molecular complexity index is 586. The van der Waals surface area contributed by atoms with E-state index in [-0.39, 0.29) is 11.8 Å². The van der Waals surface area contributed by atoms with Crippen molar-refractivity contribution in [2.24, 2.45) is 0 Å². The van der Waals surface area contributed by atoms with Crippen LogP contribution in [-0.2, 0) is 6.54 Å². The fourth-order valence-corrected chi connectivity index (χ4v) is 2.43. The average molecular weight is 336 g/mol. The standard InChI is InChI=1S/C16H18BrNO2/c1-11(13-4-3-5-14(17)9-13)18-10-12-6-7-16(20-2)15(19)8-12/h3-9,11,18-19H,10H2,1-2H3/t11-/m1/s1. The molecular weight excluding hydrogens is 318 g/mol. The number of nitrogens with one attached hydrogen (secondary N) is 1. The molecule has 0 heterocycles. The molecule has 2 aromatic rings. The first-order chi connectivity index (χ1) is 9.60. The number of benzene rings is 2. The van der Waals surface area contributed by atoms with Crippen molar-refractivity contribution in [3.05, 3.63) is 58.1 Å². The molecule has 0 spiro atoms.